The maximum absolute atomic E-state index is 13.1. The predicted molar refractivity (Wildman–Crippen MR) is 395 cm³/mol. The number of phosphoric ester groups is 2. The molecule has 0 heterocycles. The van der Waals surface area contributed by atoms with Gasteiger partial charge in [-0.25, -0.2) is 9.13 Å². The molecule has 17 nitrogen and oxygen atoms in total. The first-order valence-electron chi connectivity index (χ1n) is 40.2. The van der Waals surface area contributed by atoms with Crippen LogP contribution in [0.3, 0.4) is 0 Å². The number of rotatable bonds is 75. The molecule has 0 aromatic heterocycles. The van der Waals surface area contributed by atoms with E-state index in [9.17, 15) is 43.2 Å². The number of ether oxygens (including phenoxy) is 4. The molecule has 0 saturated carbocycles. The minimum Gasteiger partial charge on any atom is -0.462 e. The molecule has 0 aliphatic carbocycles. The first-order chi connectivity index (χ1) is 46.6. The number of hydrogen-bond donors (Lipinski definition) is 3. The number of unbranched alkanes of at least 4 members (excludes halogenated alkanes) is 41. The van der Waals surface area contributed by atoms with E-state index in [2.05, 4.69) is 55.4 Å². The maximum Gasteiger partial charge on any atom is 0.472 e. The second-order valence-electron chi connectivity index (χ2n) is 30.0. The van der Waals surface area contributed by atoms with Crippen LogP contribution in [-0.4, -0.2) is 96.7 Å². The lowest BCUT2D eigenvalue weighted by molar-refractivity contribution is -0.161. The van der Waals surface area contributed by atoms with E-state index in [0.717, 1.165) is 108 Å². The molecule has 5 atom stereocenters. The van der Waals surface area contributed by atoms with Gasteiger partial charge in [-0.3, -0.25) is 37.3 Å². The first kappa shape index (κ1) is 95.1. The Balaban J connectivity index is 5.19. The zero-order valence-corrected chi connectivity index (χ0v) is 65.5. The van der Waals surface area contributed by atoms with Crippen molar-refractivity contribution >= 4 is 39.5 Å². The second-order valence-corrected chi connectivity index (χ2v) is 32.9. The third-order valence-corrected chi connectivity index (χ3v) is 20.0. The quantitative estimate of drug-likeness (QED) is 0.0222. The van der Waals surface area contributed by atoms with Gasteiger partial charge in [0.25, 0.3) is 0 Å². The first-order valence-corrected chi connectivity index (χ1v) is 43.2. The van der Waals surface area contributed by atoms with E-state index in [4.69, 9.17) is 37.0 Å². The SMILES string of the molecule is CC(C)CCCCCCCCCCCCCCCCCCCCC(=O)O[C@H](COC(=O)CCCCCCCCCCCCCCCC(C)C)COP(=O)(O)OCC(O)COP(=O)(O)OC[C@@H](COC(=O)CCCCCCCCCCC(C)C)OC(=O)CCCCCCCCC(C)C. The van der Waals surface area contributed by atoms with Crippen molar-refractivity contribution in [2.24, 2.45) is 23.7 Å². The third-order valence-electron chi connectivity index (χ3n) is 18.1. The van der Waals surface area contributed by atoms with Crippen LogP contribution < -0.4 is 0 Å². The molecule has 0 aliphatic heterocycles. The van der Waals surface area contributed by atoms with Gasteiger partial charge in [-0.2, -0.15) is 0 Å². The number of esters is 4. The highest BCUT2D eigenvalue weighted by Gasteiger charge is 2.30. The van der Waals surface area contributed by atoms with Crippen LogP contribution in [-0.2, 0) is 65.4 Å². The van der Waals surface area contributed by atoms with Gasteiger partial charge in [0.05, 0.1) is 26.4 Å². The Morgan fingerprint density at radius 3 is 0.639 bits per heavy atom. The topological polar surface area (TPSA) is 237 Å². The molecule has 0 saturated heterocycles. The molecule has 97 heavy (non-hydrogen) atoms. The standard InChI is InChI=1S/C78H152O17P2/c1-68(2)54-46-38-30-24-20-16-13-11-9-10-12-14-18-23-27-35-44-52-60-77(82)94-73(64-88-75(80)58-50-42-33-26-22-19-15-17-21-25-31-39-47-55-69(3)4)66-92-96(84,85)90-62-72(79)63-91-97(86,87)93-67-74(95-78(83)61-53-45-37-36-41-49-57-71(7)8)65-89-76(81)59-51-43-34-29-28-32-40-48-56-70(5)6/h68-74,79H,9-67H2,1-8H3,(H,84,85)(H,86,87)/t72?,73-,74-/m1/s1. The van der Waals surface area contributed by atoms with Crippen molar-refractivity contribution in [2.45, 2.75) is 414 Å². The summed E-state index contributed by atoms with van der Waals surface area (Å²) in [5.41, 5.74) is 0. The Morgan fingerprint density at radius 1 is 0.258 bits per heavy atom. The molecule has 0 bridgehead atoms. The van der Waals surface area contributed by atoms with E-state index in [0.29, 0.717) is 31.6 Å². The van der Waals surface area contributed by atoms with Gasteiger partial charge >= 0.3 is 39.5 Å². The van der Waals surface area contributed by atoms with Crippen molar-refractivity contribution in [2.75, 3.05) is 39.6 Å². The zero-order chi connectivity index (χ0) is 71.7. The molecule has 0 rings (SSSR count). The molecule has 0 aromatic rings. The van der Waals surface area contributed by atoms with Crippen LogP contribution in [0.1, 0.15) is 396 Å². The fourth-order valence-electron chi connectivity index (χ4n) is 11.9. The summed E-state index contributed by atoms with van der Waals surface area (Å²) in [7, 11) is -9.91. The van der Waals surface area contributed by atoms with Crippen LogP contribution in [0.15, 0.2) is 0 Å². The summed E-state index contributed by atoms with van der Waals surface area (Å²) in [5, 5.41) is 10.6. The van der Waals surface area contributed by atoms with E-state index in [1.54, 1.807) is 0 Å². The molecule has 0 fully saturated rings. The van der Waals surface area contributed by atoms with Gasteiger partial charge in [0.1, 0.15) is 19.3 Å². The molecular formula is C78H152O17P2. The van der Waals surface area contributed by atoms with E-state index in [-0.39, 0.29) is 25.7 Å². The summed E-state index contributed by atoms with van der Waals surface area (Å²) in [4.78, 5) is 72.8. The number of aliphatic hydroxyl groups is 1. The summed E-state index contributed by atoms with van der Waals surface area (Å²) in [5.74, 6) is 0.884. The lowest BCUT2D eigenvalue weighted by Gasteiger charge is -2.21. The Kier molecular flexibility index (Phi) is 65.9. The predicted octanol–water partition coefficient (Wildman–Crippen LogP) is 22.8. The Bertz CT molecular complexity index is 1900. The molecule has 0 radical (unpaired) electrons. The summed E-state index contributed by atoms with van der Waals surface area (Å²) < 4.78 is 68.5. The Labute approximate surface area is 594 Å². The molecule has 0 aliphatic rings. The van der Waals surface area contributed by atoms with Gasteiger partial charge in [0, 0.05) is 25.7 Å². The minimum absolute atomic E-state index is 0.101. The molecular weight excluding hydrogens is 1270 g/mol. The van der Waals surface area contributed by atoms with Crippen LogP contribution in [0.2, 0.25) is 0 Å². The highest BCUT2D eigenvalue weighted by Crippen LogP contribution is 2.45. The fraction of sp³-hybridized carbons (Fsp3) is 0.949. The van der Waals surface area contributed by atoms with Gasteiger partial charge in [-0.15, -0.1) is 0 Å². The highest BCUT2D eigenvalue weighted by atomic mass is 31.2. The van der Waals surface area contributed by atoms with Crippen LogP contribution in [0.4, 0.5) is 0 Å². The summed E-state index contributed by atoms with van der Waals surface area (Å²) in [6.07, 6.45) is 53.1. The summed E-state index contributed by atoms with van der Waals surface area (Å²) in [6.45, 7) is 14.1. The highest BCUT2D eigenvalue weighted by molar-refractivity contribution is 7.47. The van der Waals surface area contributed by atoms with Crippen molar-refractivity contribution < 1.29 is 80.2 Å². The van der Waals surface area contributed by atoms with Crippen molar-refractivity contribution in [1.29, 1.82) is 0 Å². The smallest absolute Gasteiger partial charge is 0.462 e. The number of hydrogen-bond acceptors (Lipinski definition) is 15. The fourth-order valence-corrected chi connectivity index (χ4v) is 13.5. The van der Waals surface area contributed by atoms with E-state index in [1.807, 2.05) is 0 Å². The average molecular weight is 1420 g/mol. The lowest BCUT2D eigenvalue weighted by atomic mass is 10.0. The molecule has 19 heteroatoms. The number of carbonyl (C=O) groups is 4. The minimum atomic E-state index is -4.96. The second kappa shape index (κ2) is 67.2. The van der Waals surface area contributed by atoms with Gasteiger partial charge in [-0.1, -0.05) is 344 Å². The normalized spacial score (nSPS) is 14.1. The third kappa shape index (κ3) is 72.2. The molecule has 3 N–H and O–H groups in total. The van der Waals surface area contributed by atoms with Gasteiger partial charge in [0.15, 0.2) is 12.2 Å². The van der Waals surface area contributed by atoms with Crippen molar-refractivity contribution in [3.63, 3.8) is 0 Å². The Morgan fingerprint density at radius 2 is 0.433 bits per heavy atom. The van der Waals surface area contributed by atoms with Crippen molar-refractivity contribution in [1.82, 2.24) is 0 Å². The van der Waals surface area contributed by atoms with Gasteiger partial charge < -0.3 is 33.8 Å². The van der Waals surface area contributed by atoms with E-state index >= 15 is 0 Å². The zero-order valence-electron chi connectivity index (χ0n) is 63.7. The monoisotopic (exact) mass is 1420 g/mol. The number of phosphoric acid groups is 2. The number of carbonyl (C=O) groups excluding carboxylic acids is 4. The molecule has 3 unspecified atom stereocenters. The van der Waals surface area contributed by atoms with Crippen LogP contribution in [0.25, 0.3) is 0 Å². The van der Waals surface area contributed by atoms with Gasteiger partial charge in [0.2, 0.25) is 0 Å². The van der Waals surface area contributed by atoms with Crippen LogP contribution in [0, 0.1) is 23.7 Å². The maximum atomic E-state index is 13.1. The van der Waals surface area contributed by atoms with Gasteiger partial charge in [-0.05, 0) is 49.4 Å². The van der Waals surface area contributed by atoms with Crippen LogP contribution >= 0.6 is 15.6 Å². The van der Waals surface area contributed by atoms with Crippen molar-refractivity contribution in [3.05, 3.63) is 0 Å². The average Bonchev–Trinajstić information content (AvgIpc) is 2.18. The van der Waals surface area contributed by atoms with E-state index < -0.39 is 97.5 Å². The summed E-state index contributed by atoms with van der Waals surface area (Å²) >= 11 is 0. The molecule has 0 amide bonds. The Hall–Kier alpha value is -1.94. The largest absolute Gasteiger partial charge is 0.472 e. The summed E-state index contributed by atoms with van der Waals surface area (Å²) in [6, 6.07) is 0. The number of aliphatic hydroxyl groups excluding tert-OH is 1. The molecule has 0 aromatic carbocycles. The van der Waals surface area contributed by atoms with Crippen LogP contribution in [0.5, 0.6) is 0 Å². The van der Waals surface area contributed by atoms with E-state index in [1.165, 1.54) is 199 Å². The molecule has 576 valence electrons. The lowest BCUT2D eigenvalue weighted by Crippen LogP contribution is -2.30. The molecule has 0 spiro atoms. The van der Waals surface area contributed by atoms with Crippen molar-refractivity contribution in [3.8, 4) is 0 Å².